The first-order valence-corrected chi connectivity index (χ1v) is 10.2. The van der Waals surface area contributed by atoms with E-state index < -0.39 is 12.6 Å². The number of pyridine rings is 1. The summed E-state index contributed by atoms with van der Waals surface area (Å²) >= 11 is 0. The second-order valence-corrected chi connectivity index (χ2v) is 7.29. The molecular formula is C23H25F3N4O2. The van der Waals surface area contributed by atoms with Crippen LogP contribution in [0.2, 0.25) is 0 Å². The minimum absolute atomic E-state index is 0.151. The molecule has 1 aromatic carbocycles. The third kappa shape index (κ3) is 5.47. The summed E-state index contributed by atoms with van der Waals surface area (Å²) in [6.45, 7) is 3.78. The quantitative estimate of drug-likeness (QED) is 0.478. The number of alkyl halides is 3. The highest BCUT2D eigenvalue weighted by Crippen LogP contribution is 2.28. The zero-order chi connectivity index (χ0) is 23.3. The molecule has 170 valence electrons. The summed E-state index contributed by atoms with van der Waals surface area (Å²) in [4.78, 5) is 16.6. The third-order valence-corrected chi connectivity index (χ3v) is 4.87. The number of carbonyl (C=O) groups excluding carboxylic acids is 1. The molecule has 0 bridgehead atoms. The largest absolute Gasteiger partial charge is 0.392 e. The number of aryl methyl sites for hydroxylation is 1. The normalized spacial score (nSPS) is 11.9. The molecule has 0 atom stereocenters. The van der Waals surface area contributed by atoms with E-state index in [-0.39, 0.29) is 19.1 Å². The molecule has 3 rings (SSSR count). The smallest absolute Gasteiger partial charge is 0.390 e. The van der Waals surface area contributed by atoms with E-state index in [1.54, 1.807) is 41.1 Å². The van der Waals surface area contributed by atoms with E-state index in [4.69, 9.17) is 5.11 Å². The number of halogens is 3. The number of rotatable bonds is 8. The van der Waals surface area contributed by atoms with Crippen LogP contribution in [-0.4, -0.2) is 46.3 Å². The number of aliphatic hydroxyl groups is 1. The molecule has 0 aliphatic rings. The highest BCUT2D eigenvalue weighted by molar-refractivity contribution is 5.96. The van der Waals surface area contributed by atoms with Crippen molar-refractivity contribution in [1.29, 1.82) is 0 Å². The molecule has 2 heterocycles. The molecule has 2 aromatic heterocycles. The summed E-state index contributed by atoms with van der Waals surface area (Å²) in [5.41, 5.74) is 4.53. The number of nitrogens with one attached hydrogen (secondary N) is 2. The Morgan fingerprint density at radius 1 is 1.28 bits per heavy atom. The summed E-state index contributed by atoms with van der Waals surface area (Å²) in [7, 11) is 0. The number of amides is 1. The lowest BCUT2D eigenvalue weighted by molar-refractivity contribution is -0.131. The van der Waals surface area contributed by atoms with Crippen molar-refractivity contribution < 1.29 is 23.1 Å². The van der Waals surface area contributed by atoms with Gasteiger partial charge in [0.05, 0.1) is 30.6 Å². The van der Waals surface area contributed by atoms with E-state index in [1.807, 2.05) is 26.0 Å². The van der Waals surface area contributed by atoms with Gasteiger partial charge in [0.1, 0.15) is 0 Å². The summed E-state index contributed by atoms with van der Waals surface area (Å²) in [5.74, 6) is -0.151. The number of fused-ring (bicyclic) bond motifs is 1. The van der Waals surface area contributed by atoms with Crippen LogP contribution in [0.25, 0.3) is 23.0 Å². The fourth-order valence-electron chi connectivity index (χ4n) is 3.40. The number of anilines is 1. The molecule has 3 aromatic rings. The number of aliphatic hydroxyl groups excluding tert-OH is 1. The Bertz CT molecular complexity index is 1140. The number of imidazole rings is 1. The maximum atomic E-state index is 12.6. The van der Waals surface area contributed by atoms with Crippen molar-refractivity contribution in [3.8, 4) is 11.3 Å². The lowest BCUT2D eigenvalue weighted by Gasteiger charge is -2.12. The Labute approximate surface area is 183 Å². The van der Waals surface area contributed by atoms with Crippen LogP contribution in [0.5, 0.6) is 0 Å². The predicted molar refractivity (Wildman–Crippen MR) is 119 cm³/mol. The van der Waals surface area contributed by atoms with Crippen LogP contribution in [-0.2, 0) is 0 Å². The Balaban J connectivity index is 2.03. The topological polar surface area (TPSA) is 78.7 Å². The molecule has 0 fully saturated rings. The van der Waals surface area contributed by atoms with Crippen LogP contribution >= 0.6 is 0 Å². The molecule has 3 N–H and O–H groups in total. The number of carbonyl (C=O) groups is 1. The van der Waals surface area contributed by atoms with Crippen molar-refractivity contribution in [2.24, 2.45) is 0 Å². The van der Waals surface area contributed by atoms with Crippen LogP contribution in [0.4, 0.5) is 18.9 Å². The monoisotopic (exact) mass is 446 g/mol. The molecule has 9 heteroatoms. The SMILES string of the molecule is CCNC(=O)c1ccc(-c2cnc3c(NCCC(F)(F)F)cc(/C=C\CO)cn23)cc1C. The van der Waals surface area contributed by atoms with Gasteiger partial charge in [-0.25, -0.2) is 4.98 Å². The molecule has 32 heavy (non-hydrogen) atoms. The predicted octanol–water partition coefficient (Wildman–Crippen LogP) is 4.43. The molecule has 0 saturated heterocycles. The Morgan fingerprint density at radius 2 is 2.06 bits per heavy atom. The zero-order valence-corrected chi connectivity index (χ0v) is 17.8. The highest BCUT2D eigenvalue weighted by atomic mass is 19.4. The van der Waals surface area contributed by atoms with Crippen LogP contribution < -0.4 is 10.6 Å². The molecular weight excluding hydrogens is 421 g/mol. The summed E-state index contributed by atoms with van der Waals surface area (Å²) in [6, 6.07) is 7.13. The van der Waals surface area contributed by atoms with Gasteiger partial charge in [0, 0.05) is 30.4 Å². The van der Waals surface area contributed by atoms with E-state index in [0.29, 0.717) is 29.0 Å². The molecule has 0 unspecified atom stereocenters. The van der Waals surface area contributed by atoms with Gasteiger partial charge in [-0.05, 0) is 43.2 Å². The number of hydrogen-bond acceptors (Lipinski definition) is 4. The lowest BCUT2D eigenvalue weighted by Crippen LogP contribution is -2.23. The average Bonchev–Trinajstić information content (AvgIpc) is 3.15. The van der Waals surface area contributed by atoms with Gasteiger partial charge >= 0.3 is 6.18 Å². The van der Waals surface area contributed by atoms with Crippen molar-refractivity contribution >= 4 is 23.3 Å². The molecule has 0 radical (unpaired) electrons. The van der Waals surface area contributed by atoms with E-state index >= 15 is 0 Å². The third-order valence-electron chi connectivity index (χ3n) is 4.87. The summed E-state index contributed by atoms with van der Waals surface area (Å²) < 4.78 is 39.6. The standard InChI is InChI=1S/C23H25F3N4O2/c1-3-27-22(32)18-7-6-17(11-15(18)2)20-13-29-21-19(28-9-8-23(24,25)26)12-16(5-4-10-31)14-30(20)21/h4-7,11-14,28,31H,3,8-10H2,1-2H3,(H,27,32)/b5-4-. The number of nitrogens with zero attached hydrogens (tertiary/aromatic N) is 2. The fourth-order valence-corrected chi connectivity index (χ4v) is 3.40. The molecule has 0 aliphatic carbocycles. The highest BCUT2D eigenvalue weighted by Gasteiger charge is 2.26. The molecule has 1 amide bonds. The van der Waals surface area contributed by atoms with Gasteiger partial charge in [0.25, 0.3) is 5.91 Å². The van der Waals surface area contributed by atoms with Crippen molar-refractivity contribution in [3.05, 3.63) is 59.4 Å². The number of hydrogen-bond donors (Lipinski definition) is 3. The Morgan fingerprint density at radius 3 is 2.72 bits per heavy atom. The first-order valence-electron chi connectivity index (χ1n) is 10.2. The second-order valence-electron chi connectivity index (χ2n) is 7.29. The summed E-state index contributed by atoms with van der Waals surface area (Å²) in [6.07, 6.45) is 1.44. The second kappa shape index (κ2) is 9.86. The van der Waals surface area contributed by atoms with Gasteiger partial charge in [0.15, 0.2) is 5.65 Å². The molecule has 0 saturated carbocycles. The first kappa shape index (κ1) is 23.3. The van der Waals surface area contributed by atoms with Crippen LogP contribution in [0.1, 0.15) is 34.8 Å². The summed E-state index contributed by atoms with van der Waals surface area (Å²) in [5, 5.41) is 14.7. The van der Waals surface area contributed by atoms with Crippen LogP contribution in [0.3, 0.4) is 0 Å². The van der Waals surface area contributed by atoms with E-state index in [9.17, 15) is 18.0 Å². The van der Waals surface area contributed by atoms with Crippen molar-refractivity contribution in [2.45, 2.75) is 26.4 Å². The maximum Gasteiger partial charge on any atom is 0.390 e. The Kier molecular flexibility index (Phi) is 7.19. The first-order chi connectivity index (χ1) is 15.2. The minimum Gasteiger partial charge on any atom is -0.392 e. The zero-order valence-electron chi connectivity index (χ0n) is 17.8. The van der Waals surface area contributed by atoms with Crippen molar-refractivity contribution in [1.82, 2.24) is 14.7 Å². The van der Waals surface area contributed by atoms with Gasteiger partial charge in [-0.15, -0.1) is 0 Å². The lowest BCUT2D eigenvalue weighted by atomic mass is 10.0. The number of aromatic nitrogens is 2. The van der Waals surface area contributed by atoms with E-state index in [0.717, 1.165) is 16.8 Å². The van der Waals surface area contributed by atoms with Crippen molar-refractivity contribution in [3.63, 3.8) is 0 Å². The van der Waals surface area contributed by atoms with Gasteiger partial charge in [-0.3, -0.25) is 9.20 Å². The van der Waals surface area contributed by atoms with E-state index in [2.05, 4.69) is 15.6 Å². The molecule has 0 aliphatic heterocycles. The molecule has 6 nitrogen and oxygen atoms in total. The number of benzene rings is 1. The minimum atomic E-state index is -4.26. The van der Waals surface area contributed by atoms with Crippen LogP contribution in [0, 0.1) is 6.92 Å². The maximum absolute atomic E-state index is 12.6. The van der Waals surface area contributed by atoms with Gasteiger partial charge in [-0.1, -0.05) is 18.2 Å². The van der Waals surface area contributed by atoms with Gasteiger partial charge < -0.3 is 15.7 Å². The average molecular weight is 446 g/mol. The van der Waals surface area contributed by atoms with Gasteiger partial charge in [-0.2, -0.15) is 13.2 Å². The molecule has 0 spiro atoms. The van der Waals surface area contributed by atoms with E-state index in [1.165, 1.54) is 0 Å². The Hall–Kier alpha value is -3.33. The van der Waals surface area contributed by atoms with Gasteiger partial charge in [0.2, 0.25) is 0 Å². The van der Waals surface area contributed by atoms with Crippen LogP contribution in [0.15, 0.2) is 42.7 Å². The van der Waals surface area contributed by atoms with Crippen molar-refractivity contribution in [2.75, 3.05) is 25.0 Å². The fraction of sp³-hybridized carbons (Fsp3) is 0.304.